The molecule has 0 saturated heterocycles. The van der Waals surface area contributed by atoms with Crippen molar-refractivity contribution in [3.63, 3.8) is 0 Å². The molecule has 0 bridgehead atoms. The second kappa shape index (κ2) is 6.97. The van der Waals surface area contributed by atoms with Gasteiger partial charge in [0.05, 0.1) is 12.0 Å². The minimum Gasteiger partial charge on any atom is -0.332 e. The molecule has 1 aliphatic rings. The van der Waals surface area contributed by atoms with Gasteiger partial charge in [0.15, 0.2) is 5.82 Å². The summed E-state index contributed by atoms with van der Waals surface area (Å²) in [5.74, 6) is 6.72. The van der Waals surface area contributed by atoms with Crippen molar-refractivity contribution >= 4 is 11.7 Å². The fourth-order valence-electron chi connectivity index (χ4n) is 3.46. The van der Waals surface area contributed by atoms with Gasteiger partial charge in [-0.25, -0.2) is 4.98 Å². The molecule has 5 heteroatoms. The number of carbonyl (C=O) groups is 1. The van der Waals surface area contributed by atoms with Crippen LogP contribution in [0.5, 0.6) is 0 Å². The number of aryl methyl sites for hydroxylation is 1. The second-order valence-corrected chi connectivity index (χ2v) is 7.98. The monoisotopic (exact) mass is 370 g/mol. The SMILES string of the molecule is Cc1ccc(C(=O)Nc2ncn3c2CC(C)(C)C3)cc1C#Cc1cccnc1. The maximum Gasteiger partial charge on any atom is 0.256 e. The van der Waals surface area contributed by atoms with Crippen LogP contribution >= 0.6 is 0 Å². The summed E-state index contributed by atoms with van der Waals surface area (Å²) in [5.41, 5.74) is 4.54. The van der Waals surface area contributed by atoms with Crippen LogP contribution in [-0.2, 0) is 13.0 Å². The van der Waals surface area contributed by atoms with Gasteiger partial charge in [0.25, 0.3) is 5.91 Å². The standard InChI is InChI=1S/C23H22N4O/c1-16-6-8-19(11-18(16)9-7-17-5-4-10-24-13-17)22(28)26-21-20-12-23(2,3)14-27(20)15-25-21/h4-6,8,10-11,13,15H,12,14H2,1-3H3,(H,26,28). The molecule has 4 rings (SSSR count). The molecule has 1 aromatic carbocycles. The van der Waals surface area contributed by atoms with Crippen molar-refractivity contribution in [3.8, 4) is 11.8 Å². The molecule has 2 aromatic heterocycles. The van der Waals surface area contributed by atoms with Crippen LogP contribution in [0.25, 0.3) is 0 Å². The Morgan fingerprint density at radius 1 is 1.25 bits per heavy atom. The summed E-state index contributed by atoms with van der Waals surface area (Å²) in [5, 5.41) is 2.97. The molecule has 0 aliphatic carbocycles. The molecule has 0 fully saturated rings. The topological polar surface area (TPSA) is 59.8 Å². The van der Waals surface area contributed by atoms with E-state index in [1.807, 2.05) is 37.3 Å². The summed E-state index contributed by atoms with van der Waals surface area (Å²) in [7, 11) is 0. The van der Waals surface area contributed by atoms with Gasteiger partial charge in [-0.3, -0.25) is 9.78 Å². The molecule has 1 amide bonds. The van der Waals surface area contributed by atoms with Crippen LogP contribution in [-0.4, -0.2) is 20.4 Å². The highest BCUT2D eigenvalue weighted by Gasteiger charge is 2.31. The van der Waals surface area contributed by atoms with Crippen molar-refractivity contribution in [3.05, 3.63) is 77.0 Å². The van der Waals surface area contributed by atoms with Gasteiger partial charge in [0.1, 0.15) is 0 Å². The normalized spacial score (nSPS) is 14.1. The summed E-state index contributed by atoms with van der Waals surface area (Å²) in [6, 6.07) is 9.33. The summed E-state index contributed by atoms with van der Waals surface area (Å²) in [6.45, 7) is 7.35. The van der Waals surface area contributed by atoms with Crippen LogP contribution in [0.3, 0.4) is 0 Å². The van der Waals surface area contributed by atoms with Gasteiger partial charge in [-0.1, -0.05) is 31.8 Å². The van der Waals surface area contributed by atoms with Crippen LogP contribution in [0.1, 0.15) is 46.6 Å². The average Bonchev–Trinajstić information content (AvgIpc) is 3.17. The Morgan fingerprint density at radius 3 is 2.89 bits per heavy atom. The Labute approximate surface area is 164 Å². The van der Waals surface area contributed by atoms with Gasteiger partial charge in [-0.05, 0) is 48.6 Å². The molecular formula is C23H22N4O. The van der Waals surface area contributed by atoms with Gasteiger partial charge in [-0.2, -0.15) is 0 Å². The minimum absolute atomic E-state index is 0.171. The van der Waals surface area contributed by atoms with Crippen LogP contribution in [0.2, 0.25) is 0 Å². The number of hydrogen-bond donors (Lipinski definition) is 1. The van der Waals surface area contributed by atoms with E-state index in [9.17, 15) is 4.79 Å². The third-order valence-corrected chi connectivity index (χ3v) is 4.93. The molecule has 140 valence electrons. The van der Waals surface area contributed by atoms with E-state index in [-0.39, 0.29) is 11.3 Å². The fraction of sp³-hybridized carbons (Fsp3) is 0.261. The van der Waals surface area contributed by atoms with Gasteiger partial charge in [-0.15, -0.1) is 0 Å². The highest BCUT2D eigenvalue weighted by Crippen LogP contribution is 2.34. The van der Waals surface area contributed by atoms with E-state index >= 15 is 0 Å². The van der Waals surface area contributed by atoms with Gasteiger partial charge >= 0.3 is 0 Å². The number of amides is 1. The van der Waals surface area contributed by atoms with E-state index in [2.05, 4.69) is 45.5 Å². The molecule has 0 saturated carbocycles. The van der Waals surface area contributed by atoms with Crippen molar-refractivity contribution in [2.24, 2.45) is 5.41 Å². The number of carbonyl (C=O) groups excluding carboxylic acids is 1. The van der Waals surface area contributed by atoms with E-state index in [4.69, 9.17) is 0 Å². The Kier molecular flexibility index (Phi) is 4.48. The molecule has 1 aliphatic heterocycles. The summed E-state index contributed by atoms with van der Waals surface area (Å²) in [6.07, 6.45) is 6.15. The Bertz CT molecular complexity index is 1100. The number of rotatable bonds is 2. The molecule has 3 aromatic rings. The lowest BCUT2D eigenvalue weighted by atomic mass is 9.91. The zero-order chi connectivity index (χ0) is 19.7. The van der Waals surface area contributed by atoms with Crippen molar-refractivity contribution < 1.29 is 4.79 Å². The molecule has 0 unspecified atom stereocenters. The zero-order valence-corrected chi connectivity index (χ0v) is 16.3. The first kappa shape index (κ1) is 18.0. The maximum atomic E-state index is 12.8. The smallest absolute Gasteiger partial charge is 0.256 e. The fourth-order valence-corrected chi connectivity index (χ4v) is 3.46. The zero-order valence-electron chi connectivity index (χ0n) is 16.3. The van der Waals surface area contributed by atoms with E-state index in [0.717, 1.165) is 35.3 Å². The minimum atomic E-state index is -0.171. The molecule has 1 N–H and O–H groups in total. The molecule has 0 spiro atoms. The lowest BCUT2D eigenvalue weighted by Gasteiger charge is -2.14. The van der Waals surface area contributed by atoms with E-state index in [1.54, 1.807) is 18.7 Å². The Morgan fingerprint density at radius 2 is 2.11 bits per heavy atom. The number of nitrogens with one attached hydrogen (secondary N) is 1. The molecule has 0 atom stereocenters. The maximum absolute atomic E-state index is 12.8. The Balaban J connectivity index is 1.56. The van der Waals surface area contributed by atoms with Crippen molar-refractivity contribution in [2.75, 3.05) is 5.32 Å². The second-order valence-electron chi connectivity index (χ2n) is 7.98. The molecule has 28 heavy (non-hydrogen) atoms. The lowest BCUT2D eigenvalue weighted by Crippen LogP contribution is -2.15. The number of pyridine rings is 1. The van der Waals surface area contributed by atoms with Crippen LogP contribution in [0.15, 0.2) is 49.1 Å². The average molecular weight is 370 g/mol. The highest BCUT2D eigenvalue weighted by atomic mass is 16.1. The van der Waals surface area contributed by atoms with Crippen molar-refractivity contribution in [2.45, 2.75) is 33.7 Å². The third-order valence-electron chi connectivity index (χ3n) is 4.93. The van der Waals surface area contributed by atoms with Crippen LogP contribution < -0.4 is 5.32 Å². The summed E-state index contributed by atoms with van der Waals surface area (Å²) >= 11 is 0. The first-order valence-electron chi connectivity index (χ1n) is 9.29. The molecule has 0 radical (unpaired) electrons. The largest absolute Gasteiger partial charge is 0.332 e. The number of hydrogen-bond acceptors (Lipinski definition) is 3. The van der Waals surface area contributed by atoms with Crippen molar-refractivity contribution in [1.29, 1.82) is 0 Å². The molecule has 5 nitrogen and oxygen atoms in total. The number of aromatic nitrogens is 3. The predicted molar refractivity (Wildman–Crippen MR) is 109 cm³/mol. The first-order valence-corrected chi connectivity index (χ1v) is 9.29. The van der Waals surface area contributed by atoms with Crippen molar-refractivity contribution in [1.82, 2.24) is 14.5 Å². The highest BCUT2D eigenvalue weighted by molar-refractivity contribution is 6.04. The van der Waals surface area contributed by atoms with Crippen LogP contribution in [0.4, 0.5) is 5.82 Å². The Hall–Kier alpha value is -3.39. The first-order chi connectivity index (χ1) is 13.4. The van der Waals surface area contributed by atoms with Gasteiger partial charge in [0.2, 0.25) is 0 Å². The molecule has 3 heterocycles. The summed E-state index contributed by atoms with van der Waals surface area (Å²) in [4.78, 5) is 21.2. The number of benzene rings is 1. The molecular weight excluding hydrogens is 348 g/mol. The number of fused-ring (bicyclic) bond motifs is 1. The number of nitrogens with zero attached hydrogens (tertiary/aromatic N) is 3. The third kappa shape index (κ3) is 3.67. The van der Waals surface area contributed by atoms with E-state index < -0.39 is 0 Å². The predicted octanol–water partition coefficient (Wildman–Crippen LogP) is 3.82. The lowest BCUT2D eigenvalue weighted by molar-refractivity contribution is 0.102. The summed E-state index contributed by atoms with van der Waals surface area (Å²) < 4.78 is 2.12. The van der Waals surface area contributed by atoms with Crippen LogP contribution in [0, 0.1) is 24.2 Å². The quantitative estimate of drug-likeness (QED) is 0.698. The van der Waals surface area contributed by atoms with Gasteiger partial charge < -0.3 is 9.88 Å². The van der Waals surface area contributed by atoms with E-state index in [0.29, 0.717) is 11.4 Å². The van der Waals surface area contributed by atoms with E-state index in [1.165, 1.54) is 0 Å². The van der Waals surface area contributed by atoms with Gasteiger partial charge in [0, 0.05) is 35.6 Å². The number of imidazole rings is 1. The number of anilines is 1.